The Morgan fingerprint density at radius 2 is 2.00 bits per heavy atom. The first kappa shape index (κ1) is 7.64. The topological polar surface area (TPSA) is 0 Å². The first-order chi connectivity index (χ1) is 3.27. The average Bonchev–Trinajstić information content (AvgIpc) is 1.61. The maximum Gasteiger partial charge on any atom is 0.0230 e. The van der Waals surface area contributed by atoms with Crippen molar-refractivity contribution in [3.05, 3.63) is 0 Å². The van der Waals surface area contributed by atoms with Gasteiger partial charge in [-0.05, 0) is 24.7 Å². The third-order valence-electron chi connectivity index (χ3n) is 0.739. The molecule has 0 N–H and O–H groups in total. The Kier molecular flexibility index (Phi) is 5.23. The summed E-state index contributed by atoms with van der Waals surface area (Å²) in [6, 6.07) is 0. The van der Waals surface area contributed by atoms with Crippen molar-refractivity contribution in [3.8, 4) is 0 Å². The Labute approximate surface area is 53.6 Å². The van der Waals surface area contributed by atoms with Crippen LogP contribution >= 0.6 is 22.5 Å². The summed E-state index contributed by atoms with van der Waals surface area (Å²) in [4.78, 5) is 0. The largest absolute Gasteiger partial charge is 0.259 e. The second-order valence-electron chi connectivity index (χ2n) is 1.85. The van der Waals surface area contributed by atoms with Gasteiger partial charge in [0.15, 0.2) is 0 Å². The minimum atomic E-state index is 0.309. The van der Waals surface area contributed by atoms with Crippen LogP contribution in [0.1, 0.15) is 6.42 Å². The molecule has 0 aromatic heterocycles. The molecule has 0 aliphatic rings. The van der Waals surface area contributed by atoms with E-state index >= 15 is 0 Å². The van der Waals surface area contributed by atoms with E-state index < -0.39 is 0 Å². The van der Waals surface area contributed by atoms with Crippen molar-refractivity contribution in [2.45, 2.75) is 6.42 Å². The van der Waals surface area contributed by atoms with E-state index in [1.807, 2.05) is 0 Å². The smallest absolute Gasteiger partial charge is 0.0230 e. The van der Waals surface area contributed by atoms with Gasteiger partial charge in [0, 0.05) is 5.88 Å². The van der Waals surface area contributed by atoms with Crippen molar-refractivity contribution >= 4 is 22.5 Å². The lowest BCUT2D eigenvalue weighted by Crippen LogP contribution is -1.84. The monoisotopic (exact) mass is 140 g/mol. The molecule has 2 heteroatoms. The Hall–Kier alpha value is 0.640. The summed E-state index contributed by atoms with van der Waals surface area (Å²) < 4.78 is 0. The molecule has 0 aromatic carbocycles. The summed E-state index contributed by atoms with van der Waals surface area (Å²) in [5.74, 6) is 2.17. The quantitative estimate of drug-likeness (QED) is 0.449. The Bertz CT molecular complexity index is 37.1. The standard InChI is InChI=1S/C5H13ClS/c1-7(2)5-3-4-6/h7H,3-5H2,1-2H3. The number of thiol groups is 1. The van der Waals surface area contributed by atoms with E-state index in [0.717, 1.165) is 5.88 Å². The van der Waals surface area contributed by atoms with E-state index in [9.17, 15) is 0 Å². The number of hydrogen-bond donors (Lipinski definition) is 1. The van der Waals surface area contributed by atoms with Crippen LogP contribution in [0.4, 0.5) is 0 Å². The van der Waals surface area contributed by atoms with Crippen molar-refractivity contribution in [2.24, 2.45) is 0 Å². The van der Waals surface area contributed by atoms with Gasteiger partial charge in [-0.2, -0.15) is 0 Å². The second-order valence-corrected chi connectivity index (χ2v) is 4.83. The maximum absolute atomic E-state index is 5.46. The van der Waals surface area contributed by atoms with Gasteiger partial charge in [-0.1, -0.05) is 0 Å². The molecule has 7 heavy (non-hydrogen) atoms. The van der Waals surface area contributed by atoms with Gasteiger partial charge in [-0.25, -0.2) is 0 Å². The van der Waals surface area contributed by atoms with Crippen LogP contribution in [0.5, 0.6) is 0 Å². The Balaban J connectivity index is 2.68. The van der Waals surface area contributed by atoms with Gasteiger partial charge in [0.25, 0.3) is 0 Å². The van der Waals surface area contributed by atoms with Crippen molar-refractivity contribution < 1.29 is 0 Å². The fourth-order valence-electron chi connectivity index (χ4n) is 0.376. The highest BCUT2D eigenvalue weighted by Gasteiger charge is 1.84. The third-order valence-corrected chi connectivity index (χ3v) is 2.22. The predicted octanol–water partition coefficient (Wildman–Crippen LogP) is 1.88. The van der Waals surface area contributed by atoms with Crippen molar-refractivity contribution in [1.29, 1.82) is 0 Å². The summed E-state index contributed by atoms with van der Waals surface area (Å²) in [5, 5.41) is 0. The van der Waals surface area contributed by atoms with Crippen LogP contribution in [-0.2, 0) is 0 Å². The van der Waals surface area contributed by atoms with Crippen LogP contribution in [0, 0.1) is 0 Å². The molecular weight excluding hydrogens is 128 g/mol. The second kappa shape index (κ2) is 4.79. The highest BCUT2D eigenvalue weighted by atomic mass is 35.5. The van der Waals surface area contributed by atoms with Gasteiger partial charge in [-0.3, -0.25) is 10.9 Å². The molecule has 0 radical (unpaired) electrons. The van der Waals surface area contributed by atoms with Gasteiger partial charge in [0.2, 0.25) is 0 Å². The van der Waals surface area contributed by atoms with Crippen LogP contribution in [0.25, 0.3) is 0 Å². The molecule has 0 nitrogen and oxygen atoms in total. The van der Waals surface area contributed by atoms with Crippen molar-refractivity contribution in [1.82, 2.24) is 0 Å². The Morgan fingerprint density at radius 3 is 2.14 bits per heavy atom. The fourth-order valence-corrected chi connectivity index (χ4v) is 1.49. The summed E-state index contributed by atoms with van der Waals surface area (Å²) in [7, 11) is 0.309. The first-order valence-corrected chi connectivity index (χ1v) is 5.43. The SMILES string of the molecule is C[SH](C)CCCCl. The maximum atomic E-state index is 5.46. The number of alkyl halides is 1. The van der Waals surface area contributed by atoms with Crippen LogP contribution in [-0.4, -0.2) is 24.1 Å². The molecule has 0 bridgehead atoms. The summed E-state index contributed by atoms with van der Waals surface area (Å²) >= 11 is 5.46. The minimum Gasteiger partial charge on any atom is -0.259 e. The minimum absolute atomic E-state index is 0.309. The molecule has 0 saturated carbocycles. The van der Waals surface area contributed by atoms with E-state index in [-0.39, 0.29) is 0 Å². The molecular formula is C5H13ClS. The zero-order chi connectivity index (χ0) is 5.70. The van der Waals surface area contributed by atoms with Gasteiger partial charge < -0.3 is 0 Å². The summed E-state index contributed by atoms with van der Waals surface area (Å²) in [5.41, 5.74) is 0. The molecule has 0 aliphatic carbocycles. The molecule has 0 rings (SSSR count). The molecule has 0 spiro atoms. The lowest BCUT2D eigenvalue weighted by atomic mass is 10.6. The van der Waals surface area contributed by atoms with E-state index in [4.69, 9.17) is 11.6 Å². The van der Waals surface area contributed by atoms with Crippen LogP contribution < -0.4 is 0 Å². The van der Waals surface area contributed by atoms with E-state index in [1.54, 1.807) is 0 Å². The molecule has 46 valence electrons. The number of halogens is 1. The predicted molar refractivity (Wildman–Crippen MR) is 41.0 cm³/mol. The molecule has 0 amide bonds. The van der Waals surface area contributed by atoms with Gasteiger partial charge >= 0.3 is 0 Å². The van der Waals surface area contributed by atoms with E-state index in [0.29, 0.717) is 10.9 Å². The van der Waals surface area contributed by atoms with Crippen molar-refractivity contribution in [3.63, 3.8) is 0 Å². The summed E-state index contributed by atoms with van der Waals surface area (Å²) in [6.45, 7) is 0. The first-order valence-electron chi connectivity index (χ1n) is 2.48. The van der Waals surface area contributed by atoms with Gasteiger partial charge in [-0.15, -0.1) is 11.6 Å². The molecule has 0 fully saturated rings. The molecule has 0 atom stereocenters. The zero-order valence-electron chi connectivity index (χ0n) is 4.95. The van der Waals surface area contributed by atoms with E-state index in [1.165, 1.54) is 12.2 Å². The lowest BCUT2D eigenvalue weighted by Gasteiger charge is -2.04. The van der Waals surface area contributed by atoms with Crippen LogP contribution in [0.15, 0.2) is 0 Å². The van der Waals surface area contributed by atoms with Gasteiger partial charge in [0.1, 0.15) is 0 Å². The van der Waals surface area contributed by atoms with E-state index in [2.05, 4.69) is 12.5 Å². The third kappa shape index (κ3) is 6.64. The molecule has 0 saturated heterocycles. The molecule has 0 aromatic rings. The van der Waals surface area contributed by atoms with Crippen molar-refractivity contribution in [2.75, 3.05) is 24.1 Å². The zero-order valence-corrected chi connectivity index (χ0v) is 6.60. The summed E-state index contributed by atoms with van der Waals surface area (Å²) in [6.07, 6.45) is 5.75. The molecule has 0 unspecified atom stereocenters. The number of rotatable bonds is 3. The molecule has 0 aliphatic heterocycles. The van der Waals surface area contributed by atoms with Crippen LogP contribution in [0.3, 0.4) is 0 Å². The highest BCUT2D eigenvalue weighted by molar-refractivity contribution is 8.15. The average molecular weight is 141 g/mol. The highest BCUT2D eigenvalue weighted by Crippen LogP contribution is 2.13. The normalized spacial score (nSPS) is 11.6. The molecule has 0 heterocycles. The fraction of sp³-hybridized carbons (Fsp3) is 1.00. The Morgan fingerprint density at radius 1 is 1.43 bits per heavy atom. The number of hydrogen-bond acceptors (Lipinski definition) is 0. The lowest BCUT2D eigenvalue weighted by molar-refractivity contribution is 1.11. The van der Waals surface area contributed by atoms with Crippen LogP contribution in [0.2, 0.25) is 0 Å². The van der Waals surface area contributed by atoms with Gasteiger partial charge in [0.05, 0.1) is 0 Å².